The fourth-order valence-electron chi connectivity index (χ4n) is 9.18. The number of aliphatic carboxylic acids is 1. The Morgan fingerprint density at radius 2 is 0.911 bits per heavy atom. The molecule has 90 heavy (non-hydrogen) atoms. The number of halogens is 10. The van der Waals surface area contributed by atoms with E-state index in [4.69, 9.17) is 21.4 Å². The number of alkyl halides is 1. The van der Waals surface area contributed by atoms with Crippen molar-refractivity contribution < 1.29 is 64.5 Å². The molecule has 0 fully saturated rings. The number of nitrogens with one attached hydrogen (secondary N) is 1. The van der Waals surface area contributed by atoms with Gasteiger partial charge in [-0.1, -0.05) is 181 Å². The van der Waals surface area contributed by atoms with E-state index in [0.29, 0.717) is 33.6 Å². The summed E-state index contributed by atoms with van der Waals surface area (Å²) in [5.41, 5.74) is 2.56. The van der Waals surface area contributed by atoms with Crippen LogP contribution in [0.1, 0.15) is 59.7 Å². The van der Waals surface area contributed by atoms with Gasteiger partial charge < -0.3 is 14.9 Å². The van der Waals surface area contributed by atoms with Gasteiger partial charge in [0.25, 0.3) is 5.56 Å². The minimum absolute atomic E-state index is 0. The fourth-order valence-corrected chi connectivity index (χ4v) is 9.67. The highest BCUT2D eigenvalue weighted by Gasteiger charge is 2.45. The Hall–Kier alpha value is -9.76. The van der Waals surface area contributed by atoms with Crippen molar-refractivity contribution in [1.82, 2.24) is 20.4 Å². The van der Waals surface area contributed by atoms with Gasteiger partial charge in [0, 0.05) is 40.3 Å². The highest BCUT2D eigenvalue weighted by molar-refractivity contribution is 9.10. The molecule has 0 saturated carbocycles. The van der Waals surface area contributed by atoms with Crippen LogP contribution >= 0.6 is 27.5 Å². The van der Waals surface area contributed by atoms with Gasteiger partial charge in [0.1, 0.15) is 46.5 Å². The van der Waals surface area contributed by atoms with Crippen LogP contribution in [-0.2, 0) is 20.7 Å². The van der Waals surface area contributed by atoms with Crippen LogP contribution in [-0.4, -0.2) is 58.9 Å². The molecule has 0 bridgehead atoms. The van der Waals surface area contributed by atoms with Crippen LogP contribution < -0.4 is 5.56 Å². The van der Waals surface area contributed by atoms with Crippen molar-refractivity contribution in [3.63, 3.8) is 0 Å². The van der Waals surface area contributed by atoms with Gasteiger partial charge >= 0.3 is 11.9 Å². The summed E-state index contributed by atoms with van der Waals surface area (Å²) in [6.45, 7) is 6.50. The molecule has 11 nitrogen and oxygen atoms in total. The maximum absolute atomic E-state index is 14.2. The predicted octanol–water partition coefficient (Wildman–Crippen LogP) is 16.8. The molecule has 2 aromatic heterocycles. The van der Waals surface area contributed by atoms with Gasteiger partial charge in [-0.2, -0.15) is 10.2 Å². The molecule has 3 heterocycles. The first kappa shape index (κ1) is 69.3. The van der Waals surface area contributed by atoms with Crippen LogP contribution in [0.5, 0.6) is 0 Å². The molecule has 462 valence electrons. The zero-order valence-corrected chi connectivity index (χ0v) is 49.7. The summed E-state index contributed by atoms with van der Waals surface area (Å²) in [6, 6.07) is 49.6. The average Bonchev–Trinajstić information content (AvgIpc) is 2.25. The molecule has 2 unspecified atom stereocenters. The highest BCUT2D eigenvalue weighted by Crippen LogP contribution is 2.44. The van der Waals surface area contributed by atoms with Gasteiger partial charge in [-0.15, -0.1) is 5.10 Å². The van der Waals surface area contributed by atoms with Crippen LogP contribution in [0.25, 0.3) is 55.7 Å². The highest BCUT2D eigenvalue weighted by atomic mass is 79.9. The zero-order chi connectivity index (χ0) is 64.7. The third kappa shape index (κ3) is 16.7. The Balaban J connectivity index is 0.000000183. The van der Waals surface area contributed by atoms with Crippen molar-refractivity contribution in [3.05, 3.63) is 290 Å². The summed E-state index contributed by atoms with van der Waals surface area (Å²) in [5.74, 6) is -10.4. The van der Waals surface area contributed by atoms with Crippen LogP contribution in [0.15, 0.2) is 199 Å². The number of carbonyl (C=O) groups is 3. The first-order chi connectivity index (χ1) is 42.4. The lowest BCUT2D eigenvalue weighted by Gasteiger charge is -2.19. The molecule has 21 heteroatoms. The minimum atomic E-state index is -1.96. The van der Waals surface area contributed by atoms with Crippen molar-refractivity contribution in [1.29, 1.82) is 0 Å². The molecule has 3 N–H and O–H groups in total. The molecule has 0 spiro atoms. The lowest BCUT2D eigenvalue weighted by Crippen LogP contribution is -2.26. The second kappa shape index (κ2) is 31.4. The van der Waals surface area contributed by atoms with E-state index in [1.807, 2.05) is 73.7 Å². The summed E-state index contributed by atoms with van der Waals surface area (Å²) in [7, 11) is 0. The number of hydrogen-bond acceptors (Lipinski definition) is 9. The maximum Gasteiger partial charge on any atom is 0.342 e. The summed E-state index contributed by atoms with van der Waals surface area (Å²) < 4.78 is 115. The minimum Gasteiger partial charge on any atom is -0.481 e. The first-order valence-electron chi connectivity index (χ1n) is 26.6. The summed E-state index contributed by atoms with van der Waals surface area (Å²) in [4.78, 5) is 45.7. The van der Waals surface area contributed by atoms with Crippen molar-refractivity contribution in [2.75, 3.05) is 0 Å². The monoisotopic (exact) mass is 1320 g/mol. The number of carbonyl (C=O) groups excluding carboxylic acids is 2. The van der Waals surface area contributed by atoms with E-state index >= 15 is 0 Å². The van der Waals surface area contributed by atoms with E-state index in [1.165, 1.54) is 43.3 Å². The molecular formula is C69H54BrClF8N4O7. The number of H-pyrrole nitrogens is 1. The largest absolute Gasteiger partial charge is 0.481 e. The van der Waals surface area contributed by atoms with E-state index in [0.717, 1.165) is 47.5 Å². The quantitative estimate of drug-likeness (QED) is 0.0518. The number of esters is 1. The molecule has 1 aliphatic rings. The predicted molar refractivity (Wildman–Crippen MR) is 333 cm³/mol. The number of nitrogens with zero attached hydrogens (tertiary/aromatic N) is 3. The lowest BCUT2D eigenvalue weighted by molar-refractivity contribution is -0.169. The number of rotatable bonds is 10. The lowest BCUT2D eigenvalue weighted by atomic mass is 9.91. The van der Waals surface area contributed by atoms with E-state index in [-0.39, 0.29) is 56.6 Å². The van der Waals surface area contributed by atoms with E-state index in [9.17, 15) is 59.4 Å². The number of benzene rings is 8. The number of Topliss-reactive ketones (excluding diaryl/α,β-unsaturated/α-hetero) is 1. The van der Waals surface area contributed by atoms with Gasteiger partial charge in [-0.3, -0.25) is 14.4 Å². The molecule has 10 aromatic rings. The average molecular weight is 1320 g/mol. The first-order valence-corrected chi connectivity index (χ1v) is 27.9. The number of aryl methyl sites for hydroxylation is 2. The Kier molecular flexibility index (Phi) is 24.2. The number of carboxylic acid groups (broad SMARTS) is 1. The molecule has 0 radical (unpaired) electrons. The summed E-state index contributed by atoms with van der Waals surface area (Å²) in [6.07, 6.45) is -0.626. The molecule has 8 aromatic carbocycles. The Bertz CT molecular complexity index is 4200. The SMILES string of the molecule is C.CC(Br)C(=O)c1ccccc1.CC1(O)OC(=O)C(c2c(F)cccc2F)=C1c1ccccc1.Cc1n[nH]c(=O)c(-c2c(F)cccc2F)c1-c1ccccc1.Cc1nnc(Cl)c(-c2c(F)cccc2F)c1-c1ccccc1.O=C(O)Cc1c(F)cccc1F. The number of carboxylic acids is 1. The third-order valence-electron chi connectivity index (χ3n) is 13.1. The smallest absolute Gasteiger partial charge is 0.342 e. The number of aromatic nitrogens is 4. The number of cyclic esters (lactones) is 1. The number of hydrogen-bond donors (Lipinski definition) is 3. The maximum atomic E-state index is 14.2. The molecule has 11 rings (SSSR count). The fraction of sp³-hybridized carbons (Fsp3) is 0.116. The van der Waals surface area contributed by atoms with Crippen molar-refractivity contribution in [2.45, 2.75) is 52.2 Å². The van der Waals surface area contributed by atoms with Gasteiger partial charge in [-0.25, -0.2) is 45.0 Å². The van der Waals surface area contributed by atoms with Gasteiger partial charge in [0.15, 0.2) is 10.9 Å². The van der Waals surface area contributed by atoms with Crippen molar-refractivity contribution in [2.24, 2.45) is 0 Å². The van der Waals surface area contributed by atoms with Crippen molar-refractivity contribution >= 4 is 56.4 Å². The number of ether oxygens (including phenoxy) is 1. The molecule has 1 aliphatic heterocycles. The van der Waals surface area contributed by atoms with Gasteiger partial charge in [0.05, 0.1) is 50.5 Å². The Morgan fingerprint density at radius 1 is 0.533 bits per heavy atom. The molecular weight excluding hydrogens is 1260 g/mol. The van der Waals surface area contributed by atoms with E-state index < -0.39 is 87.4 Å². The Labute approximate surface area is 525 Å². The topological polar surface area (TPSA) is 172 Å². The molecule has 0 saturated heterocycles. The van der Waals surface area contributed by atoms with E-state index in [2.05, 4.69) is 36.3 Å². The third-order valence-corrected chi connectivity index (χ3v) is 13.8. The molecule has 0 aliphatic carbocycles. The van der Waals surface area contributed by atoms with Crippen LogP contribution in [0.4, 0.5) is 35.1 Å². The van der Waals surface area contributed by atoms with Crippen LogP contribution in [0, 0.1) is 60.4 Å². The number of aliphatic hydroxyl groups is 1. The van der Waals surface area contributed by atoms with E-state index in [1.54, 1.807) is 68.4 Å². The van der Waals surface area contributed by atoms with Crippen LogP contribution in [0.2, 0.25) is 5.15 Å². The number of aromatic amines is 1. The zero-order valence-electron chi connectivity index (χ0n) is 47.3. The van der Waals surface area contributed by atoms with Crippen LogP contribution in [0.3, 0.4) is 0 Å². The summed E-state index contributed by atoms with van der Waals surface area (Å²) in [5, 5.41) is 32.6. The molecule has 0 amide bonds. The summed E-state index contributed by atoms with van der Waals surface area (Å²) >= 11 is 9.35. The number of ketones is 1. The normalized spacial score (nSPS) is 13.3. The second-order valence-electron chi connectivity index (χ2n) is 19.3. The van der Waals surface area contributed by atoms with Gasteiger partial charge in [0.2, 0.25) is 5.79 Å². The Morgan fingerprint density at radius 3 is 1.33 bits per heavy atom. The van der Waals surface area contributed by atoms with Gasteiger partial charge in [-0.05, 0) is 86.0 Å². The molecule has 2 atom stereocenters. The standard InChI is InChI=1S/C17H11ClF2N2.C17H12F2N2O.C17H12F2O3.C9H9BrO.C8H6F2O2.CH4/c1-10-14(11-6-3-2-4-7-11)16(17(18)22-21-10)15-12(19)8-5-9-13(15)20;1-10-14(11-6-3-2-4-7-11)16(17(22)21-20-10)15-12(18)8-5-9-13(15)19;1-17(21)15(10-6-3-2-4-7-10)14(16(20)22-17)13-11(18)8-5-9-12(13)19;1-7(10)9(11)8-5-3-2-4-6-8;9-6-2-1-3-7(10)5(6)4-8(11)12;/h2-9H,1H3;2-9H,1H3,(H,21,22);2-9,21H,1H3;2-7H,1H3;1-3H,4H2,(H,11,12);1H4. The van der Waals surface area contributed by atoms with Crippen molar-refractivity contribution in [3.8, 4) is 44.5 Å². The second-order valence-corrected chi connectivity index (χ2v) is 21.1.